The maximum atomic E-state index is 11.3. The van der Waals surface area contributed by atoms with Gasteiger partial charge in [0.1, 0.15) is 5.60 Å². The summed E-state index contributed by atoms with van der Waals surface area (Å²) >= 11 is 4.04. The van der Waals surface area contributed by atoms with Gasteiger partial charge in [-0.05, 0) is 27.7 Å². The number of carbonyl (C=O) groups is 2. The van der Waals surface area contributed by atoms with Gasteiger partial charge in [-0.3, -0.25) is 4.79 Å². The van der Waals surface area contributed by atoms with Crippen LogP contribution >= 0.6 is 12.6 Å². The lowest BCUT2D eigenvalue weighted by Gasteiger charge is -2.21. The van der Waals surface area contributed by atoms with Crippen LogP contribution in [0.5, 0.6) is 0 Å². The van der Waals surface area contributed by atoms with E-state index in [1.807, 2.05) is 0 Å². The van der Waals surface area contributed by atoms with Gasteiger partial charge in [0.2, 0.25) is 0 Å². The Hall–Kier alpha value is -0.910. The van der Waals surface area contributed by atoms with Crippen LogP contribution in [0.25, 0.3) is 0 Å². The van der Waals surface area contributed by atoms with Crippen LogP contribution in [0.2, 0.25) is 0 Å². The van der Waals surface area contributed by atoms with Crippen LogP contribution in [0.3, 0.4) is 0 Å². The van der Waals surface area contributed by atoms with E-state index >= 15 is 0 Å². The third kappa shape index (κ3) is 8.40. The molecule has 0 aliphatic heterocycles. The molecule has 1 N–H and O–H groups in total. The lowest BCUT2D eigenvalue weighted by atomic mass is 10.2. The Morgan fingerprint density at radius 3 is 2.38 bits per heavy atom. The standard InChI is InChI=1S/C10H19NO4S/c1-5-14-8(12)6-7(16)11-9(13)15-10(2,3)4/h7,16H,5-6H2,1-4H3,(H,11,13). The number of alkyl carbamates (subject to hydrolysis) is 1. The van der Waals surface area contributed by atoms with Gasteiger partial charge in [0.15, 0.2) is 0 Å². The molecular formula is C10H19NO4S. The second kappa shape index (κ2) is 6.62. The zero-order chi connectivity index (χ0) is 12.8. The van der Waals surface area contributed by atoms with Gasteiger partial charge in [0.05, 0.1) is 18.4 Å². The Balaban J connectivity index is 3.91. The van der Waals surface area contributed by atoms with E-state index in [1.54, 1.807) is 27.7 Å². The van der Waals surface area contributed by atoms with E-state index in [1.165, 1.54) is 0 Å². The molecule has 0 bridgehead atoms. The van der Waals surface area contributed by atoms with Gasteiger partial charge in [-0.15, -0.1) is 0 Å². The maximum absolute atomic E-state index is 11.3. The van der Waals surface area contributed by atoms with Crippen LogP contribution in [0.1, 0.15) is 34.1 Å². The molecule has 1 atom stereocenters. The molecular weight excluding hydrogens is 230 g/mol. The fraction of sp³-hybridized carbons (Fsp3) is 0.800. The highest BCUT2D eigenvalue weighted by atomic mass is 32.1. The topological polar surface area (TPSA) is 64.6 Å². The second-order valence-corrected chi connectivity index (χ2v) is 4.79. The van der Waals surface area contributed by atoms with Gasteiger partial charge >= 0.3 is 12.1 Å². The third-order valence-electron chi connectivity index (χ3n) is 1.35. The summed E-state index contributed by atoms with van der Waals surface area (Å²) in [7, 11) is 0. The highest BCUT2D eigenvalue weighted by molar-refractivity contribution is 7.80. The fourth-order valence-corrected chi connectivity index (χ4v) is 1.13. The molecule has 0 saturated heterocycles. The Morgan fingerprint density at radius 2 is 1.94 bits per heavy atom. The van der Waals surface area contributed by atoms with Crippen molar-refractivity contribution in [2.24, 2.45) is 0 Å². The molecule has 0 aromatic carbocycles. The summed E-state index contributed by atoms with van der Waals surface area (Å²) in [5.41, 5.74) is -0.568. The van der Waals surface area contributed by atoms with Crippen molar-refractivity contribution in [2.75, 3.05) is 6.61 Å². The van der Waals surface area contributed by atoms with Crippen LogP contribution in [-0.4, -0.2) is 29.6 Å². The number of hydrogen-bond acceptors (Lipinski definition) is 5. The molecule has 0 saturated carbocycles. The van der Waals surface area contributed by atoms with Gasteiger partial charge in [-0.1, -0.05) is 0 Å². The molecule has 0 fully saturated rings. The van der Waals surface area contributed by atoms with E-state index in [9.17, 15) is 9.59 Å². The van der Waals surface area contributed by atoms with Crippen molar-refractivity contribution in [3.05, 3.63) is 0 Å². The number of thiol groups is 1. The molecule has 16 heavy (non-hydrogen) atoms. The molecule has 1 unspecified atom stereocenters. The Kier molecular flexibility index (Phi) is 6.25. The zero-order valence-corrected chi connectivity index (χ0v) is 11.0. The predicted octanol–water partition coefficient (Wildman–Crippen LogP) is 1.72. The summed E-state index contributed by atoms with van der Waals surface area (Å²) in [4.78, 5) is 22.3. The minimum absolute atomic E-state index is 0.0101. The van der Waals surface area contributed by atoms with Crippen molar-refractivity contribution in [1.82, 2.24) is 5.32 Å². The van der Waals surface area contributed by atoms with Crippen LogP contribution in [0.4, 0.5) is 4.79 Å². The summed E-state index contributed by atoms with van der Waals surface area (Å²) in [6, 6.07) is 0. The van der Waals surface area contributed by atoms with E-state index < -0.39 is 23.0 Å². The smallest absolute Gasteiger partial charge is 0.408 e. The summed E-state index contributed by atoms with van der Waals surface area (Å²) in [5.74, 6) is -0.404. The third-order valence-corrected chi connectivity index (χ3v) is 1.66. The van der Waals surface area contributed by atoms with E-state index in [4.69, 9.17) is 9.47 Å². The maximum Gasteiger partial charge on any atom is 0.408 e. The first-order chi connectivity index (χ1) is 7.24. The van der Waals surface area contributed by atoms with Crippen molar-refractivity contribution in [3.63, 3.8) is 0 Å². The molecule has 5 nitrogen and oxygen atoms in total. The molecule has 0 heterocycles. The van der Waals surface area contributed by atoms with Crippen molar-refractivity contribution >= 4 is 24.7 Å². The predicted molar refractivity (Wildman–Crippen MR) is 63.4 cm³/mol. The quantitative estimate of drug-likeness (QED) is 0.452. The lowest BCUT2D eigenvalue weighted by Crippen LogP contribution is -2.37. The molecule has 0 aromatic rings. The van der Waals surface area contributed by atoms with Crippen molar-refractivity contribution < 1.29 is 19.1 Å². The summed E-state index contributed by atoms with van der Waals surface area (Å²) in [6.45, 7) is 7.29. The van der Waals surface area contributed by atoms with Gasteiger partial charge in [-0.2, -0.15) is 12.6 Å². The molecule has 0 aliphatic carbocycles. The Labute approximate surface area is 101 Å². The van der Waals surface area contributed by atoms with Crippen LogP contribution in [0, 0.1) is 0 Å². The van der Waals surface area contributed by atoms with Crippen LogP contribution in [-0.2, 0) is 14.3 Å². The summed E-state index contributed by atoms with van der Waals surface area (Å²) in [6.07, 6.45) is -0.590. The van der Waals surface area contributed by atoms with Gasteiger partial charge in [0.25, 0.3) is 0 Å². The molecule has 0 spiro atoms. The molecule has 6 heteroatoms. The van der Waals surface area contributed by atoms with Gasteiger partial charge in [-0.25, -0.2) is 4.79 Å². The van der Waals surface area contributed by atoms with Crippen LogP contribution < -0.4 is 5.32 Å². The van der Waals surface area contributed by atoms with E-state index in [0.29, 0.717) is 6.61 Å². The monoisotopic (exact) mass is 249 g/mol. The van der Waals surface area contributed by atoms with Gasteiger partial charge < -0.3 is 14.8 Å². The number of rotatable bonds is 4. The number of carbonyl (C=O) groups excluding carboxylic acids is 2. The normalized spacial score (nSPS) is 12.8. The number of nitrogens with one attached hydrogen (secondary N) is 1. The fourth-order valence-electron chi connectivity index (χ4n) is 0.872. The number of hydrogen-bond donors (Lipinski definition) is 2. The Bertz CT molecular complexity index is 250. The first-order valence-electron chi connectivity index (χ1n) is 5.08. The average molecular weight is 249 g/mol. The van der Waals surface area contributed by atoms with Crippen molar-refractivity contribution in [1.29, 1.82) is 0 Å². The number of amides is 1. The summed E-state index contributed by atoms with van der Waals surface area (Å²) in [5, 5.41) is 1.83. The van der Waals surface area contributed by atoms with Crippen molar-refractivity contribution in [3.8, 4) is 0 Å². The minimum Gasteiger partial charge on any atom is -0.466 e. The van der Waals surface area contributed by atoms with E-state index in [2.05, 4.69) is 17.9 Å². The molecule has 1 amide bonds. The number of esters is 1. The van der Waals surface area contributed by atoms with Gasteiger partial charge in [0, 0.05) is 0 Å². The summed E-state index contributed by atoms with van der Waals surface area (Å²) < 4.78 is 9.71. The average Bonchev–Trinajstić information content (AvgIpc) is 1.98. The number of ether oxygens (including phenoxy) is 2. The Morgan fingerprint density at radius 1 is 1.38 bits per heavy atom. The van der Waals surface area contributed by atoms with Crippen molar-refractivity contribution in [2.45, 2.75) is 45.1 Å². The molecule has 0 rings (SSSR count). The largest absolute Gasteiger partial charge is 0.466 e. The van der Waals surface area contributed by atoms with E-state index in [-0.39, 0.29) is 6.42 Å². The highest BCUT2D eigenvalue weighted by Gasteiger charge is 2.19. The minimum atomic E-state index is -0.603. The first-order valence-corrected chi connectivity index (χ1v) is 5.59. The molecule has 0 aliphatic rings. The van der Waals surface area contributed by atoms with Crippen LogP contribution in [0.15, 0.2) is 0 Å². The second-order valence-electron chi connectivity index (χ2n) is 4.17. The lowest BCUT2D eigenvalue weighted by molar-refractivity contribution is -0.143. The molecule has 0 aromatic heterocycles. The first kappa shape index (κ1) is 15.1. The molecule has 94 valence electrons. The van der Waals surface area contributed by atoms with E-state index in [0.717, 1.165) is 0 Å². The SMILES string of the molecule is CCOC(=O)CC(S)NC(=O)OC(C)(C)C. The zero-order valence-electron chi connectivity index (χ0n) is 10.1. The highest BCUT2D eigenvalue weighted by Crippen LogP contribution is 2.08. The molecule has 0 radical (unpaired) electrons.